The number of ether oxygens (including phenoxy) is 2. The summed E-state index contributed by atoms with van der Waals surface area (Å²) in [5.41, 5.74) is 1.18. The summed E-state index contributed by atoms with van der Waals surface area (Å²) in [6.07, 6.45) is -0.0766. The lowest BCUT2D eigenvalue weighted by molar-refractivity contribution is -0.384. The summed E-state index contributed by atoms with van der Waals surface area (Å²) in [5.74, 6) is -2.42. The number of nitro groups is 1. The van der Waals surface area contributed by atoms with Gasteiger partial charge < -0.3 is 14.6 Å². The van der Waals surface area contributed by atoms with E-state index in [4.69, 9.17) is 9.47 Å². The SMILES string of the molecule is COC(=O)c1sc(N2C(=O)C(=O)/C(=C(\O)c3ccc(OC(C)C)c(C)c3)C2c2ccc([N+](=O)[O-])cc2)nc1C. The number of hydrogen-bond acceptors (Lipinski definition) is 10. The Morgan fingerprint density at radius 2 is 1.82 bits per heavy atom. The van der Waals surface area contributed by atoms with Crippen LogP contribution in [0.3, 0.4) is 0 Å². The zero-order chi connectivity index (χ0) is 28.6. The first-order valence-electron chi connectivity index (χ1n) is 11.8. The predicted molar refractivity (Wildman–Crippen MR) is 143 cm³/mol. The zero-order valence-corrected chi connectivity index (χ0v) is 22.6. The van der Waals surface area contributed by atoms with Gasteiger partial charge >= 0.3 is 11.9 Å². The van der Waals surface area contributed by atoms with E-state index in [1.165, 1.54) is 31.4 Å². The smallest absolute Gasteiger partial charge is 0.350 e. The van der Waals surface area contributed by atoms with E-state index in [1.807, 2.05) is 13.8 Å². The number of nitro benzene ring substituents is 1. The highest BCUT2D eigenvalue weighted by Gasteiger charge is 2.48. The van der Waals surface area contributed by atoms with Crippen LogP contribution in [-0.2, 0) is 14.3 Å². The predicted octanol–water partition coefficient (Wildman–Crippen LogP) is 4.87. The minimum Gasteiger partial charge on any atom is -0.507 e. The molecule has 1 saturated heterocycles. The van der Waals surface area contributed by atoms with E-state index in [0.29, 0.717) is 22.6 Å². The van der Waals surface area contributed by atoms with Crippen LogP contribution in [0, 0.1) is 24.0 Å². The number of aromatic nitrogens is 1. The summed E-state index contributed by atoms with van der Waals surface area (Å²) >= 11 is 0.860. The molecule has 1 N–H and O–H groups in total. The zero-order valence-electron chi connectivity index (χ0n) is 21.8. The van der Waals surface area contributed by atoms with Gasteiger partial charge in [-0.2, -0.15) is 0 Å². The molecule has 2 heterocycles. The highest BCUT2D eigenvalue weighted by molar-refractivity contribution is 7.17. The number of aliphatic hydroxyl groups excluding tert-OH is 1. The van der Waals surface area contributed by atoms with Gasteiger partial charge in [0.25, 0.3) is 11.5 Å². The molecule has 0 radical (unpaired) electrons. The summed E-state index contributed by atoms with van der Waals surface area (Å²) in [5, 5.41) is 22.6. The van der Waals surface area contributed by atoms with Gasteiger partial charge in [-0.1, -0.05) is 11.3 Å². The van der Waals surface area contributed by atoms with Crippen molar-refractivity contribution in [1.82, 2.24) is 4.98 Å². The number of Topliss-reactive ketones (excluding diaryl/α,β-unsaturated/α-hetero) is 1. The summed E-state index contributed by atoms with van der Waals surface area (Å²) in [4.78, 5) is 55.2. The van der Waals surface area contributed by atoms with Crippen molar-refractivity contribution in [3.8, 4) is 5.75 Å². The van der Waals surface area contributed by atoms with Crippen molar-refractivity contribution in [3.63, 3.8) is 0 Å². The van der Waals surface area contributed by atoms with Crippen molar-refractivity contribution in [3.05, 3.63) is 85.4 Å². The van der Waals surface area contributed by atoms with Crippen LogP contribution >= 0.6 is 11.3 Å². The van der Waals surface area contributed by atoms with Gasteiger partial charge in [0.15, 0.2) is 5.13 Å². The van der Waals surface area contributed by atoms with Gasteiger partial charge in [-0.15, -0.1) is 0 Å². The Labute approximate surface area is 227 Å². The maximum atomic E-state index is 13.4. The van der Waals surface area contributed by atoms with Gasteiger partial charge in [-0.05, 0) is 69.2 Å². The third-order valence-electron chi connectivity index (χ3n) is 6.04. The molecule has 0 spiro atoms. The monoisotopic (exact) mass is 551 g/mol. The van der Waals surface area contributed by atoms with Crippen LogP contribution in [0.5, 0.6) is 5.75 Å². The largest absolute Gasteiger partial charge is 0.507 e. The number of carbonyl (C=O) groups excluding carboxylic acids is 3. The van der Waals surface area contributed by atoms with Crippen molar-refractivity contribution in [2.45, 2.75) is 39.8 Å². The summed E-state index contributed by atoms with van der Waals surface area (Å²) in [6.45, 7) is 7.11. The quantitative estimate of drug-likeness (QED) is 0.108. The number of hydrogen-bond donors (Lipinski definition) is 1. The summed E-state index contributed by atoms with van der Waals surface area (Å²) in [6, 6.07) is 8.99. The second kappa shape index (κ2) is 10.7. The number of rotatable bonds is 7. The van der Waals surface area contributed by atoms with Gasteiger partial charge in [0.05, 0.1) is 35.4 Å². The van der Waals surface area contributed by atoms with E-state index < -0.39 is 34.4 Å². The fourth-order valence-electron chi connectivity index (χ4n) is 4.23. The van der Waals surface area contributed by atoms with Crippen molar-refractivity contribution in [2.75, 3.05) is 12.0 Å². The number of benzene rings is 2. The first-order valence-corrected chi connectivity index (χ1v) is 12.6. The minimum absolute atomic E-state index is 0.0364. The number of methoxy groups -OCH3 is 1. The average Bonchev–Trinajstić information content (AvgIpc) is 3.40. The van der Waals surface area contributed by atoms with E-state index >= 15 is 0 Å². The molecule has 0 aliphatic carbocycles. The van der Waals surface area contributed by atoms with Gasteiger partial charge in [-0.25, -0.2) is 9.78 Å². The molecule has 1 aliphatic heterocycles. The third kappa shape index (κ3) is 5.10. The molecule has 202 valence electrons. The lowest BCUT2D eigenvalue weighted by Crippen LogP contribution is -2.29. The molecule has 11 nitrogen and oxygen atoms in total. The molecular weight excluding hydrogens is 526 g/mol. The topological polar surface area (TPSA) is 149 Å². The molecule has 0 bridgehead atoms. The molecule has 2 aromatic carbocycles. The van der Waals surface area contributed by atoms with E-state index in [2.05, 4.69) is 4.98 Å². The van der Waals surface area contributed by atoms with Crippen LogP contribution in [-0.4, -0.2) is 45.9 Å². The number of thiazole rings is 1. The van der Waals surface area contributed by atoms with Crippen LogP contribution < -0.4 is 9.64 Å². The second-order valence-electron chi connectivity index (χ2n) is 9.07. The number of aliphatic hydroxyl groups is 1. The van der Waals surface area contributed by atoms with Crippen LogP contribution in [0.1, 0.15) is 51.9 Å². The van der Waals surface area contributed by atoms with Gasteiger partial charge in [0.1, 0.15) is 16.4 Å². The van der Waals surface area contributed by atoms with Crippen LogP contribution in [0.25, 0.3) is 5.76 Å². The van der Waals surface area contributed by atoms with Crippen molar-refractivity contribution in [1.29, 1.82) is 0 Å². The Bertz CT molecular complexity index is 1520. The summed E-state index contributed by atoms with van der Waals surface area (Å²) < 4.78 is 10.5. The van der Waals surface area contributed by atoms with Crippen LogP contribution in [0.15, 0.2) is 48.0 Å². The van der Waals surface area contributed by atoms with Crippen LogP contribution in [0.4, 0.5) is 10.8 Å². The van der Waals surface area contributed by atoms with E-state index in [-0.39, 0.29) is 32.9 Å². The molecule has 1 unspecified atom stereocenters. The number of amides is 1. The van der Waals surface area contributed by atoms with E-state index in [9.17, 15) is 29.6 Å². The number of aryl methyl sites for hydroxylation is 2. The number of nitrogens with zero attached hydrogens (tertiary/aromatic N) is 3. The first kappa shape index (κ1) is 27.5. The molecule has 0 saturated carbocycles. The minimum atomic E-state index is -1.17. The molecule has 4 rings (SSSR count). The van der Waals surface area contributed by atoms with E-state index in [1.54, 1.807) is 32.0 Å². The normalized spacial score (nSPS) is 16.6. The van der Waals surface area contributed by atoms with Crippen LogP contribution in [0.2, 0.25) is 0 Å². The first-order chi connectivity index (χ1) is 18.4. The van der Waals surface area contributed by atoms with Crippen molar-refractivity contribution in [2.24, 2.45) is 0 Å². The molecule has 1 aromatic heterocycles. The number of ketones is 1. The lowest BCUT2D eigenvalue weighted by atomic mass is 9.94. The highest BCUT2D eigenvalue weighted by Crippen LogP contribution is 2.44. The maximum Gasteiger partial charge on any atom is 0.350 e. The number of anilines is 1. The third-order valence-corrected chi connectivity index (χ3v) is 7.17. The Balaban J connectivity index is 1.91. The van der Waals surface area contributed by atoms with E-state index in [0.717, 1.165) is 16.2 Å². The lowest BCUT2D eigenvalue weighted by Gasteiger charge is -2.23. The maximum absolute atomic E-state index is 13.4. The Hall–Kier alpha value is -4.58. The molecule has 1 atom stereocenters. The standard InChI is InChI=1S/C27H25N3O8S/c1-13(2)38-19-11-8-17(12-14(19)3)22(31)20-21(16-6-9-18(10-7-16)30(35)36)29(25(33)23(20)32)27-28-15(4)24(39-27)26(34)37-5/h6-13,21,31H,1-5H3/b22-20-. The highest BCUT2D eigenvalue weighted by atomic mass is 32.1. The Morgan fingerprint density at radius 1 is 1.15 bits per heavy atom. The Morgan fingerprint density at radius 3 is 2.38 bits per heavy atom. The van der Waals surface area contributed by atoms with Gasteiger partial charge in [-0.3, -0.25) is 24.6 Å². The van der Waals surface area contributed by atoms with Gasteiger partial charge in [0, 0.05) is 17.7 Å². The van der Waals surface area contributed by atoms with Crippen molar-refractivity contribution >= 4 is 45.6 Å². The molecule has 1 aliphatic rings. The number of non-ortho nitro benzene ring substituents is 1. The van der Waals surface area contributed by atoms with Crippen molar-refractivity contribution < 1.29 is 33.9 Å². The molecule has 12 heteroatoms. The molecule has 3 aromatic rings. The molecular formula is C27H25N3O8S. The molecule has 1 amide bonds. The molecule has 1 fully saturated rings. The number of carbonyl (C=O) groups is 3. The fraction of sp³-hybridized carbons (Fsp3) is 0.259. The Kier molecular flexibility index (Phi) is 7.50. The number of esters is 1. The summed E-state index contributed by atoms with van der Waals surface area (Å²) in [7, 11) is 1.21. The fourth-order valence-corrected chi connectivity index (χ4v) is 5.24. The average molecular weight is 552 g/mol. The second-order valence-corrected chi connectivity index (χ2v) is 10.0. The molecule has 39 heavy (non-hydrogen) atoms. The van der Waals surface area contributed by atoms with Gasteiger partial charge in [0.2, 0.25) is 0 Å².